The predicted octanol–water partition coefficient (Wildman–Crippen LogP) is 3.88. The zero-order valence-corrected chi connectivity index (χ0v) is 16.6. The largest absolute Gasteiger partial charge is 0.467 e. The summed E-state index contributed by atoms with van der Waals surface area (Å²) in [5.74, 6) is 2.77. The van der Waals surface area contributed by atoms with Crippen LogP contribution in [0.5, 0.6) is 0 Å². The van der Waals surface area contributed by atoms with Crippen LogP contribution in [-0.2, 0) is 17.3 Å². The monoisotopic (exact) mass is 410 g/mol. The van der Waals surface area contributed by atoms with E-state index in [0.29, 0.717) is 18.1 Å². The van der Waals surface area contributed by atoms with Gasteiger partial charge >= 0.3 is 0 Å². The van der Waals surface area contributed by atoms with Crippen molar-refractivity contribution < 1.29 is 8.63 Å². The second-order valence-corrected chi connectivity index (χ2v) is 8.56. The van der Waals surface area contributed by atoms with Gasteiger partial charge < -0.3 is 4.42 Å². The molecule has 0 saturated carbocycles. The van der Waals surface area contributed by atoms with E-state index in [9.17, 15) is 4.21 Å². The number of hydrogen-bond donors (Lipinski definition) is 0. The summed E-state index contributed by atoms with van der Waals surface area (Å²) in [7, 11) is -1.03. The van der Waals surface area contributed by atoms with E-state index in [4.69, 9.17) is 4.42 Å². The van der Waals surface area contributed by atoms with Crippen molar-refractivity contribution in [2.45, 2.75) is 16.6 Å². The molecular formula is C20H18N4O2S2. The Balaban J connectivity index is 1.51. The van der Waals surface area contributed by atoms with Gasteiger partial charge in [0, 0.05) is 34.4 Å². The van der Waals surface area contributed by atoms with Gasteiger partial charge in [0.2, 0.25) is 0 Å². The Morgan fingerprint density at radius 2 is 1.93 bits per heavy atom. The normalized spacial score (nSPS) is 12.1. The van der Waals surface area contributed by atoms with E-state index in [-0.39, 0.29) is 0 Å². The van der Waals surface area contributed by atoms with E-state index in [1.165, 1.54) is 0 Å². The molecule has 0 bridgehead atoms. The minimum atomic E-state index is -1.03. The molecule has 142 valence electrons. The molecule has 0 spiro atoms. The second kappa shape index (κ2) is 8.99. The maximum Gasteiger partial charge on any atom is 0.191 e. The molecule has 0 aliphatic heterocycles. The summed E-state index contributed by atoms with van der Waals surface area (Å²) in [5, 5.41) is 9.47. The quantitative estimate of drug-likeness (QED) is 0.411. The zero-order valence-electron chi connectivity index (χ0n) is 15.0. The van der Waals surface area contributed by atoms with E-state index in [1.54, 1.807) is 30.4 Å². The Hall–Kier alpha value is -2.71. The lowest BCUT2D eigenvalue weighted by molar-refractivity contribution is 0.485. The highest BCUT2D eigenvalue weighted by atomic mass is 32.2. The summed E-state index contributed by atoms with van der Waals surface area (Å²) < 4.78 is 19.9. The summed E-state index contributed by atoms with van der Waals surface area (Å²) in [5.41, 5.74) is 0.890. The number of benzene rings is 1. The standard InChI is InChI=1S/C20H18N4O2S2/c25-28(18-8-2-1-3-9-18)13-12-27-20-23-22-19(16-6-4-10-21-14-16)24(20)15-17-7-5-11-26-17/h1-11,14H,12-13,15H2/t28-/m1/s1. The van der Waals surface area contributed by atoms with Crippen molar-refractivity contribution in [1.29, 1.82) is 0 Å². The van der Waals surface area contributed by atoms with Gasteiger partial charge in [0.25, 0.3) is 0 Å². The fourth-order valence-electron chi connectivity index (χ4n) is 2.70. The van der Waals surface area contributed by atoms with Crippen LogP contribution in [0, 0.1) is 0 Å². The number of thioether (sulfide) groups is 1. The van der Waals surface area contributed by atoms with Gasteiger partial charge in [-0.05, 0) is 36.4 Å². The van der Waals surface area contributed by atoms with Gasteiger partial charge in [0.1, 0.15) is 5.76 Å². The molecule has 0 aliphatic carbocycles. The molecular weight excluding hydrogens is 392 g/mol. The van der Waals surface area contributed by atoms with Crippen LogP contribution >= 0.6 is 11.8 Å². The molecule has 0 radical (unpaired) electrons. The summed E-state index contributed by atoms with van der Waals surface area (Å²) >= 11 is 1.54. The third kappa shape index (κ3) is 4.40. The molecule has 8 heteroatoms. The maximum atomic E-state index is 12.4. The zero-order chi connectivity index (χ0) is 19.2. The van der Waals surface area contributed by atoms with Crippen molar-refractivity contribution in [3.63, 3.8) is 0 Å². The highest BCUT2D eigenvalue weighted by molar-refractivity contribution is 8.00. The van der Waals surface area contributed by atoms with Crippen molar-refractivity contribution in [3.05, 3.63) is 79.0 Å². The van der Waals surface area contributed by atoms with Crippen molar-refractivity contribution in [2.24, 2.45) is 0 Å². The molecule has 0 saturated heterocycles. The fourth-order valence-corrected chi connectivity index (χ4v) is 4.93. The van der Waals surface area contributed by atoms with Gasteiger partial charge in [-0.3, -0.25) is 13.8 Å². The first-order chi connectivity index (χ1) is 13.8. The van der Waals surface area contributed by atoms with Gasteiger partial charge in [-0.25, -0.2) is 0 Å². The first-order valence-corrected chi connectivity index (χ1v) is 11.0. The van der Waals surface area contributed by atoms with Crippen molar-refractivity contribution in [1.82, 2.24) is 19.7 Å². The number of pyridine rings is 1. The SMILES string of the molecule is O=[S@](CCSc1nnc(-c2cccnc2)n1Cc1ccco1)c1ccccc1. The van der Waals surface area contributed by atoms with Crippen molar-refractivity contribution in [2.75, 3.05) is 11.5 Å². The molecule has 0 fully saturated rings. The van der Waals surface area contributed by atoms with Crippen molar-refractivity contribution in [3.8, 4) is 11.4 Å². The number of aromatic nitrogens is 4. The summed E-state index contributed by atoms with van der Waals surface area (Å²) in [6.45, 7) is 0.522. The highest BCUT2D eigenvalue weighted by Crippen LogP contribution is 2.25. The van der Waals surface area contributed by atoms with Gasteiger partial charge in [-0.1, -0.05) is 30.0 Å². The van der Waals surface area contributed by atoms with Crippen molar-refractivity contribution >= 4 is 22.6 Å². The van der Waals surface area contributed by atoms with E-state index < -0.39 is 10.8 Å². The third-order valence-corrected chi connectivity index (χ3v) is 6.64. The highest BCUT2D eigenvalue weighted by Gasteiger charge is 2.16. The molecule has 0 aliphatic rings. The Kier molecular flexibility index (Phi) is 5.98. The Bertz CT molecular complexity index is 1030. The first kappa shape index (κ1) is 18.6. The van der Waals surface area contributed by atoms with Crippen LogP contribution in [0.15, 0.2) is 87.7 Å². The van der Waals surface area contributed by atoms with Gasteiger partial charge in [-0.2, -0.15) is 0 Å². The first-order valence-electron chi connectivity index (χ1n) is 8.73. The van der Waals surface area contributed by atoms with E-state index >= 15 is 0 Å². The minimum Gasteiger partial charge on any atom is -0.467 e. The molecule has 1 atom stereocenters. The summed E-state index contributed by atoms with van der Waals surface area (Å²) in [6.07, 6.45) is 5.14. The minimum absolute atomic E-state index is 0.522. The van der Waals surface area contributed by atoms with E-state index in [2.05, 4.69) is 15.2 Å². The summed E-state index contributed by atoms with van der Waals surface area (Å²) in [6, 6.07) is 17.1. The number of hydrogen-bond acceptors (Lipinski definition) is 6. The molecule has 28 heavy (non-hydrogen) atoms. The van der Waals surface area contributed by atoms with Crippen LogP contribution in [0.3, 0.4) is 0 Å². The lowest BCUT2D eigenvalue weighted by Gasteiger charge is -2.08. The lowest BCUT2D eigenvalue weighted by atomic mass is 10.2. The predicted molar refractivity (Wildman–Crippen MR) is 110 cm³/mol. The number of nitrogens with zero attached hydrogens (tertiary/aromatic N) is 4. The average Bonchev–Trinajstić information content (AvgIpc) is 3.40. The van der Waals surface area contributed by atoms with Crippen LogP contribution in [0.4, 0.5) is 0 Å². The van der Waals surface area contributed by atoms with E-state index in [0.717, 1.165) is 27.2 Å². The van der Waals surface area contributed by atoms with Crippen LogP contribution in [0.25, 0.3) is 11.4 Å². The van der Waals surface area contributed by atoms with Crippen LogP contribution < -0.4 is 0 Å². The molecule has 0 N–H and O–H groups in total. The Morgan fingerprint density at radius 3 is 2.68 bits per heavy atom. The molecule has 3 heterocycles. The van der Waals surface area contributed by atoms with Crippen LogP contribution in [0.1, 0.15) is 5.76 Å². The smallest absolute Gasteiger partial charge is 0.191 e. The van der Waals surface area contributed by atoms with E-state index in [1.807, 2.05) is 59.2 Å². The maximum absolute atomic E-state index is 12.4. The second-order valence-electron chi connectivity index (χ2n) is 5.92. The van der Waals surface area contributed by atoms with Crippen LogP contribution in [-0.4, -0.2) is 35.5 Å². The fraction of sp³-hybridized carbons (Fsp3) is 0.150. The third-order valence-electron chi connectivity index (χ3n) is 4.04. The molecule has 0 amide bonds. The average molecular weight is 411 g/mol. The molecule has 4 aromatic rings. The van der Waals surface area contributed by atoms with Gasteiger partial charge in [0.15, 0.2) is 11.0 Å². The number of rotatable bonds is 8. The topological polar surface area (TPSA) is 73.8 Å². The molecule has 4 rings (SSSR count). The van der Waals surface area contributed by atoms with Gasteiger partial charge in [0.05, 0.1) is 23.6 Å². The molecule has 3 aromatic heterocycles. The molecule has 1 aromatic carbocycles. The molecule has 0 unspecified atom stereocenters. The Morgan fingerprint density at radius 1 is 1.04 bits per heavy atom. The van der Waals surface area contributed by atoms with Gasteiger partial charge in [-0.15, -0.1) is 10.2 Å². The number of furan rings is 1. The summed E-state index contributed by atoms with van der Waals surface area (Å²) in [4.78, 5) is 5.02. The lowest BCUT2D eigenvalue weighted by Crippen LogP contribution is -2.05. The molecule has 6 nitrogen and oxygen atoms in total. The van der Waals surface area contributed by atoms with Crippen LogP contribution in [0.2, 0.25) is 0 Å². The Labute approximate surface area is 169 Å².